The Balaban J connectivity index is 1.88. The fourth-order valence-electron chi connectivity index (χ4n) is 3.45. The quantitative estimate of drug-likeness (QED) is 0.924. The molecule has 0 aromatic heterocycles. The van der Waals surface area contributed by atoms with E-state index in [0.717, 1.165) is 18.4 Å². The van der Waals surface area contributed by atoms with Gasteiger partial charge in [0.15, 0.2) is 0 Å². The van der Waals surface area contributed by atoms with Crippen molar-refractivity contribution in [1.29, 1.82) is 0 Å². The number of hydrogen-bond acceptors (Lipinski definition) is 3. The molecule has 0 spiro atoms. The highest BCUT2D eigenvalue weighted by Crippen LogP contribution is 2.67. The van der Waals surface area contributed by atoms with Crippen LogP contribution in [-0.4, -0.2) is 37.5 Å². The second-order valence-electron chi connectivity index (χ2n) is 6.58. The highest BCUT2D eigenvalue weighted by atomic mass is 32.2. The normalized spacial score (nSPS) is 33.8. The summed E-state index contributed by atoms with van der Waals surface area (Å²) in [4.78, 5) is 0.348. The Morgan fingerprint density at radius 2 is 1.95 bits per heavy atom. The van der Waals surface area contributed by atoms with Crippen LogP contribution in [0.1, 0.15) is 25.3 Å². The number of hydrogen-bond donors (Lipinski definition) is 1. The summed E-state index contributed by atoms with van der Waals surface area (Å²) in [5.74, 6) is 0. The van der Waals surface area contributed by atoms with Gasteiger partial charge >= 0.3 is 0 Å². The second-order valence-corrected chi connectivity index (χ2v) is 8.52. The number of benzene rings is 1. The van der Waals surface area contributed by atoms with E-state index in [4.69, 9.17) is 0 Å². The Bertz CT molecular complexity index is 625. The third-order valence-electron chi connectivity index (χ3n) is 5.24. The van der Waals surface area contributed by atoms with Crippen LogP contribution in [0.3, 0.4) is 0 Å². The molecule has 20 heavy (non-hydrogen) atoms. The van der Waals surface area contributed by atoms with E-state index in [-0.39, 0.29) is 17.4 Å². The second kappa shape index (κ2) is 4.29. The summed E-state index contributed by atoms with van der Waals surface area (Å²) in [6.07, 6.45) is 1.76. The first-order valence-corrected chi connectivity index (χ1v) is 8.45. The number of aliphatic hydroxyl groups is 1. The van der Waals surface area contributed by atoms with Crippen LogP contribution >= 0.6 is 0 Å². The molecule has 0 bridgehead atoms. The van der Waals surface area contributed by atoms with Gasteiger partial charge in [-0.3, -0.25) is 0 Å². The molecule has 1 saturated heterocycles. The number of piperidine rings is 1. The minimum Gasteiger partial charge on any atom is -0.396 e. The van der Waals surface area contributed by atoms with Gasteiger partial charge in [0.05, 0.1) is 11.5 Å². The molecular formula is C15H21NO3S. The van der Waals surface area contributed by atoms with Crippen LogP contribution in [0.2, 0.25) is 0 Å². The van der Waals surface area contributed by atoms with Gasteiger partial charge in [0.2, 0.25) is 10.0 Å². The maximum atomic E-state index is 12.7. The van der Waals surface area contributed by atoms with Gasteiger partial charge in [0.25, 0.3) is 0 Å². The summed E-state index contributed by atoms with van der Waals surface area (Å²) < 4.78 is 26.9. The standard InChI is InChI=1S/C15H21NO3S/c1-12-3-5-13(6-4-12)20(18,19)16-8-7-14(2)9-15(14,10-16)11-17/h3-6,17H,7-11H2,1-2H3/t14-,15-/m1/s1. The van der Waals surface area contributed by atoms with Gasteiger partial charge in [-0.05, 0) is 37.3 Å². The molecule has 1 aliphatic heterocycles. The van der Waals surface area contributed by atoms with E-state index in [2.05, 4.69) is 6.92 Å². The minimum atomic E-state index is -3.44. The van der Waals surface area contributed by atoms with Gasteiger partial charge in [-0.25, -0.2) is 8.42 Å². The Kier molecular flexibility index (Phi) is 3.01. The molecule has 3 rings (SSSR count). The molecule has 0 unspecified atom stereocenters. The molecule has 2 fully saturated rings. The molecule has 1 aromatic rings. The number of rotatable bonds is 3. The minimum absolute atomic E-state index is 0.0728. The molecule has 1 aliphatic carbocycles. The number of nitrogens with zero attached hydrogens (tertiary/aromatic N) is 1. The molecule has 5 heteroatoms. The predicted octanol–water partition coefficient (Wildman–Crippen LogP) is 1.78. The van der Waals surface area contributed by atoms with Gasteiger partial charge < -0.3 is 5.11 Å². The van der Waals surface area contributed by atoms with Crippen LogP contribution in [-0.2, 0) is 10.0 Å². The zero-order valence-corrected chi connectivity index (χ0v) is 12.8. The summed E-state index contributed by atoms with van der Waals surface area (Å²) in [5.41, 5.74) is 0.952. The van der Waals surface area contributed by atoms with Crippen molar-refractivity contribution in [2.45, 2.75) is 31.6 Å². The molecule has 2 aliphatic rings. The molecule has 1 heterocycles. The van der Waals surface area contributed by atoms with Gasteiger partial charge in [0, 0.05) is 18.5 Å². The molecule has 4 nitrogen and oxygen atoms in total. The topological polar surface area (TPSA) is 57.6 Å². The first kappa shape index (κ1) is 14.0. The van der Waals surface area contributed by atoms with E-state index < -0.39 is 10.0 Å². The Labute approximate surface area is 120 Å². The van der Waals surface area contributed by atoms with E-state index >= 15 is 0 Å². The third kappa shape index (κ3) is 1.91. The van der Waals surface area contributed by atoms with Crippen LogP contribution in [0, 0.1) is 17.8 Å². The molecule has 110 valence electrons. The van der Waals surface area contributed by atoms with Gasteiger partial charge in [-0.2, -0.15) is 4.31 Å². The summed E-state index contributed by atoms with van der Waals surface area (Å²) in [7, 11) is -3.44. The predicted molar refractivity (Wildman–Crippen MR) is 76.8 cm³/mol. The van der Waals surface area contributed by atoms with E-state index in [0.29, 0.717) is 18.0 Å². The Morgan fingerprint density at radius 3 is 2.55 bits per heavy atom. The number of aliphatic hydroxyl groups excluding tert-OH is 1. The average Bonchev–Trinajstić information content (AvgIpc) is 3.05. The molecule has 2 atom stereocenters. The summed E-state index contributed by atoms with van der Waals surface area (Å²) in [6.45, 7) is 5.15. The third-order valence-corrected chi connectivity index (χ3v) is 7.10. The molecular weight excluding hydrogens is 274 g/mol. The first-order chi connectivity index (χ1) is 9.33. The Morgan fingerprint density at radius 1 is 1.30 bits per heavy atom. The number of fused-ring (bicyclic) bond motifs is 1. The van der Waals surface area contributed by atoms with Crippen LogP contribution in [0.4, 0.5) is 0 Å². The van der Waals surface area contributed by atoms with Crippen molar-refractivity contribution in [2.24, 2.45) is 10.8 Å². The van der Waals surface area contributed by atoms with Gasteiger partial charge in [-0.1, -0.05) is 24.6 Å². The maximum absolute atomic E-state index is 12.7. The number of sulfonamides is 1. The van der Waals surface area contributed by atoms with Gasteiger partial charge in [0.1, 0.15) is 0 Å². The fourth-order valence-corrected chi connectivity index (χ4v) is 4.98. The van der Waals surface area contributed by atoms with Crippen molar-refractivity contribution in [3.05, 3.63) is 29.8 Å². The van der Waals surface area contributed by atoms with E-state index in [1.54, 1.807) is 16.4 Å². The molecule has 0 amide bonds. The van der Waals surface area contributed by atoms with Crippen molar-refractivity contribution in [3.63, 3.8) is 0 Å². The lowest BCUT2D eigenvalue weighted by atomic mass is 9.89. The highest BCUT2D eigenvalue weighted by Gasteiger charge is 2.66. The van der Waals surface area contributed by atoms with Crippen molar-refractivity contribution < 1.29 is 13.5 Å². The SMILES string of the molecule is Cc1ccc(S(=O)(=O)N2CC[C@]3(C)C[C@]3(CO)C2)cc1. The number of aryl methyl sites for hydroxylation is 1. The smallest absolute Gasteiger partial charge is 0.243 e. The molecule has 1 aromatic carbocycles. The lowest BCUT2D eigenvalue weighted by molar-refractivity contribution is 0.116. The highest BCUT2D eigenvalue weighted by molar-refractivity contribution is 7.89. The zero-order chi connectivity index (χ0) is 14.6. The Hall–Kier alpha value is -0.910. The van der Waals surface area contributed by atoms with Crippen molar-refractivity contribution in [2.75, 3.05) is 19.7 Å². The monoisotopic (exact) mass is 295 g/mol. The van der Waals surface area contributed by atoms with Crippen molar-refractivity contribution in [1.82, 2.24) is 4.31 Å². The molecule has 0 radical (unpaired) electrons. The van der Waals surface area contributed by atoms with Crippen LogP contribution in [0.15, 0.2) is 29.2 Å². The molecule has 1 N–H and O–H groups in total. The van der Waals surface area contributed by atoms with Crippen LogP contribution < -0.4 is 0 Å². The maximum Gasteiger partial charge on any atom is 0.243 e. The largest absolute Gasteiger partial charge is 0.396 e. The first-order valence-electron chi connectivity index (χ1n) is 7.01. The van der Waals surface area contributed by atoms with Crippen LogP contribution in [0.25, 0.3) is 0 Å². The van der Waals surface area contributed by atoms with E-state index in [1.165, 1.54) is 0 Å². The van der Waals surface area contributed by atoms with E-state index in [1.807, 2.05) is 19.1 Å². The summed E-state index contributed by atoms with van der Waals surface area (Å²) in [5, 5.41) is 9.63. The molecule has 1 saturated carbocycles. The van der Waals surface area contributed by atoms with Crippen molar-refractivity contribution >= 4 is 10.0 Å². The fraction of sp³-hybridized carbons (Fsp3) is 0.600. The van der Waals surface area contributed by atoms with Crippen molar-refractivity contribution in [3.8, 4) is 0 Å². The average molecular weight is 295 g/mol. The summed E-state index contributed by atoms with van der Waals surface area (Å²) >= 11 is 0. The lowest BCUT2D eigenvalue weighted by Crippen LogP contribution is -2.44. The lowest BCUT2D eigenvalue weighted by Gasteiger charge is -2.34. The van der Waals surface area contributed by atoms with E-state index in [9.17, 15) is 13.5 Å². The summed E-state index contributed by atoms with van der Waals surface area (Å²) in [6, 6.07) is 6.97. The van der Waals surface area contributed by atoms with Gasteiger partial charge in [-0.15, -0.1) is 0 Å². The van der Waals surface area contributed by atoms with Crippen LogP contribution in [0.5, 0.6) is 0 Å². The zero-order valence-electron chi connectivity index (χ0n) is 12.0.